The van der Waals surface area contributed by atoms with Gasteiger partial charge in [0.05, 0.1) is 17.9 Å². The maximum Gasteiger partial charge on any atom is 0.362 e. The first kappa shape index (κ1) is 9.64. The minimum atomic E-state index is -1.66. The van der Waals surface area contributed by atoms with Gasteiger partial charge in [0.25, 0.3) is 0 Å². The van der Waals surface area contributed by atoms with E-state index in [9.17, 15) is 9.90 Å². The van der Waals surface area contributed by atoms with E-state index in [0.717, 1.165) is 11.6 Å². The molecule has 1 N–H and O–H groups in total. The van der Waals surface area contributed by atoms with E-state index < -0.39 is 11.6 Å². The smallest absolute Gasteiger partial charge is 0.362 e. The third kappa shape index (κ3) is 1.19. The van der Waals surface area contributed by atoms with Crippen LogP contribution >= 0.6 is 0 Å². The van der Waals surface area contributed by atoms with Crippen molar-refractivity contribution in [3.63, 3.8) is 0 Å². The van der Waals surface area contributed by atoms with Crippen LogP contribution in [0.25, 0.3) is 10.9 Å². The van der Waals surface area contributed by atoms with Crippen LogP contribution in [0.4, 0.5) is 0 Å². The molecule has 0 bridgehead atoms. The summed E-state index contributed by atoms with van der Waals surface area (Å²) in [6.45, 7) is 0. The van der Waals surface area contributed by atoms with Crippen molar-refractivity contribution in [2.75, 3.05) is 0 Å². The molecule has 0 saturated heterocycles. The van der Waals surface area contributed by atoms with E-state index in [0.29, 0.717) is 5.52 Å². The molecule has 0 fully saturated rings. The summed E-state index contributed by atoms with van der Waals surface area (Å²) in [4.78, 5) is 11.4. The van der Waals surface area contributed by atoms with Gasteiger partial charge in [0.2, 0.25) is 0 Å². The van der Waals surface area contributed by atoms with Gasteiger partial charge < -0.3 is 5.11 Å². The number of hydrogen-bond donors (Lipinski definition) is 1. The van der Waals surface area contributed by atoms with E-state index in [2.05, 4.69) is 20.5 Å². The van der Waals surface area contributed by atoms with Crippen LogP contribution in [-0.4, -0.2) is 27.1 Å². The lowest BCUT2D eigenvalue weighted by Crippen LogP contribution is -2.41. The number of rotatable bonds is 2. The van der Waals surface area contributed by atoms with Gasteiger partial charge in [0.15, 0.2) is 0 Å². The normalized spacial score (nSPS) is 22.4. The minimum absolute atomic E-state index is 0.669. The number of carboxylic acid groups (broad SMARTS) is 1. The van der Waals surface area contributed by atoms with Crippen LogP contribution in [0.2, 0.25) is 0 Å². The van der Waals surface area contributed by atoms with Gasteiger partial charge in [-0.15, -0.1) is 10.2 Å². The van der Waals surface area contributed by atoms with Crippen LogP contribution in [0.3, 0.4) is 0 Å². The molecule has 0 amide bonds. The fraction of sp³-hybridized carbons (Fsp3) is 0.100. The first-order chi connectivity index (χ1) is 8.24. The van der Waals surface area contributed by atoms with Gasteiger partial charge in [-0.05, 0) is 11.3 Å². The second-order valence-electron chi connectivity index (χ2n) is 3.58. The molecule has 3 rings (SSSR count). The van der Waals surface area contributed by atoms with Crippen molar-refractivity contribution >= 4 is 23.1 Å². The van der Waals surface area contributed by atoms with E-state index in [4.69, 9.17) is 0 Å². The van der Waals surface area contributed by atoms with E-state index in [-0.39, 0.29) is 0 Å². The maximum absolute atomic E-state index is 11.4. The Kier molecular flexibility index (Phi) is 1.82. The second-order valence-corrected chi connectivity index (χ2v) is 3.58. The maximum atomic E-state index is 11.4. The zero-order chi connectivity index (χ0) is 11.9. The summed E-state index contributed by atoms with van der Waals surface area (Å²) in [5.74, 6) is -1.17. The van der Waals surface area contributed by atoms with Gasteiger partial charge in [-0.2, -0.15) is 5.10 Å². The molecule has 0 saturated carbocycles. The van der Waals surface area contributed by atoms with Crippen molar-refractivity contribution < 1.29 is 9.90 Å². The molecule has 1 unspecified atom stereocenters. The number of hydrogen-bond acceptors (Lipinski definition) is 5. The number of fused-ring (bicyclic) bond motifs is 1. The van der Waals surface area contributed by atoms with Crippen LogP contribution in [0.1, 0.15) is 0 Å². The highest BCUT2D eigenvalue weighted by atomic mass is 16.4. The van der Waals surface area contributed by atoms with Gasteiger partial charge in [-0.25, -0.2) is 9.48 Å². The van der Waals surface area contributed by atoms with Crippen molar-refractivity contribution in [2.24, 2.45) is 15.4 Å². The highest BCUT2D eigenvalue weighted by molar-refractivity contribution is 5.98. The molecule has 1 aliphatic rings. The SMILES string of the molecule is O=C(O)C1(n2ncc3ccccc32)C=NN=N1. The highest BCUT2D eigenvalue weighted by Crippen LogP contribution is 2.26. The number of benzene rings is 1. The number of aromatic nitrogens is 2. The van der Waals surface area contributed by atoms with Crippen molar-refractivity contribution in [2.45, 2.75) is 5.66 Å². The van der Waals surface area contributed by atoms with E-state index in [1.165, 1.54) is 4.68 Å². The third-order valence-corrected chi connectivity index (χ3v) is 2.60. The molecule has 1 aliphatic heterocycles. The standard InChI is InChI=1S/C10H7N5O2/c16-9(17)10(6-11-14-13-10)15-8-4-2-1-3-7(8)5-12-15/h1-6H,(H,16,17). The zero-order valence-corrected chi connectivity index (χ0v) is 8.56. The number of carboxylic acids is 1. The number of carbonyl (C=O) groups is 1. The Morgan fingerprint density at radius 2 is 2.18 bits per heavy atom. The van der Waals surface area contributed by atoms with E-state index in [1.54, 1.807) is 18.3 Å². The summed E-state index contributed by atoms with van der Waals surface area (Å²) in [5, 5.41) is 24.7. The molecule has 1 atom stereocenters. The molecule has 0 spiro atoms. The Hall–Kier alpha value is -2.57. The first-order valence-corrected chi connectivity index (χ1v) is 4.87. The van der Waals surface area contributed by atoms with Crippen LogP contribution < -0.4 is 0 Å². The molecule has 0 radical (unpaired) electrons. The predicted molar refractivity (Wildman–Crippen MR) is 58.7 cm³/mol. The van der Waals surface area contributed by atoms with Crippen molar-refractivity contribution in [1.29, 1.82) is 0 Å². The molecule has 2 heterocycles. The Morgan fingerprint density at radius 1 is 1.35 bits per heavy atom. The average molecular weight is 229 g/mol. The number of para-hydroxylation sites is 1. The monoisotopic (exact) mass is 229 g/mol. The molecule has 1 aromatic heterocycles. The van der Waals surface area contributed by atoms with Crippen molar-refractivity contribution in [1.82, 2.24) is 9.78 Å². The van der Waals surface area contributed by atoms with Gasteiger partial charge in [-0.3, -0.25) is 0 Å². The molecule has 1 aromatic carbocycles. The van der Waals surface area contributed by atoms with E-state index >= 15 is 0 Å². The third-order valence-electron chi connectivity index (χ3n) is 2.60. The Labute approximate surface area is 95.1 Å². The first-order valence-electron chi connectivity index (χ1n) is 4.87. The van der Waals surface area contributed by atoms with Crippen LogP contribution in [-0.2, 0) is 10.5 Å². The largest absolute Gasteiger partial charge is 0.478 e. The lowest BCUT2D eigenvalue weighted by Gasteiger charge is -2.17. The quantitative estimate of drug-likeness (QED) is 0.839. The summed E-state index contributed by atoms with van der Waals surface area (Å²) < 4.78 is 1.30. The molecule has 2 aromatic rings. The number of nitrogens with zero attached hydrogens (tertiary/aromatic N) is 5. The summed E-state index contributed by atoms with van der Waals surface area (Å²) in [5.41, 5.74) is -0.995. The average Bonchev–Trinajstić information content (AvgIpc) is 2.95. The Balaban J connectivity index is 2.31. The molecular formula is C10H7N5O2. The highest BCUT2D eigenvalue weighted by Gasteiger charge is 2.44. The predicted octanol–water partition coefficient (Wildman–Crippen LogP) is 1.23. The molecule has 0 aliphatic carbocycles. The topological polar surface area (TPSA) is 92.2 Å². The van der Waals surface area contributed by atoms with Gasteiger partial charge >= 0.3 is 11.6 Å². The lowest BCUT2D eigenvalue weighted by atomic mass is 10.2. The van der Waals surface area contributed by atoms with Crippen LogP contribution in [0, 0.1) is 0 Å². The second kappa shape index (κ2) is 3.21. The Morgan fingerprint density at radius 3 is 2.88 bits per heavy atom. The van der Waals surface area contributed by atoms with Crippen LogP contribution in [0.5, 0.6) is 0 Å². The molecule has 7 heteroatoms. The molecule has 17 heavy (non-hydrogen) atoms. The summed E-state index contributed by atoms with van der Waals surface area (Å²) >= 11 is 0. The van der Waals surface area contributed by atoms with Crippen LogP contribution in [0.15, 0.2) is 45.9 Å². The summed E-state index contributed by atoms with van der Waals surface area (Å²) in [6.07, 6.45) is 2.75. The van der Waals surface area contributed by atoms with Gasteiger partial charge in [0.1, 0.15) is 0 Å². The van der Waals surface area contributed by atoms with E-state index in [1.807, 2.05) is 12.1 Å². The van der Waals surface area contributed by atoms with Gasteiger partial charge in [-0.1, -0.05) is 18.2 Å². The molecular weight excluding hydrogens is 222 g/mol. The number of aliphatic carboxylic acids is 1. The molecule has 7 nitrogen and oxygen atoms in total. The zero-order valence-electron chi connectivity index (χ0n) is 8.56. The fourth-order valence-corrected chi connectivity index (χ4v) is 1.76. The summed E-state index contributed by atoms with van der Waals surface area (Å²) in [6, 6.07) is 7.28. The fourth-order valence-electron chi connectivity index (χ4n) is 1.76. The van der Waals surface area contributed by atoms with Gasteiger partial charge in [0, 0.05) is 5.39 Å². The Bertz CT molecular complexity index is 646. The molecule has 84 valence electrons. The lowest BCUT2D eigenvalue weighted by molar-refractivity contribution is -0.143. The summed E-state index contributed by atoms with van der Waals surface area (Å²) in [7, 11) is 0. The minimum Gasteiger partial charge on any atom is -0.478 e. The van der Waals surface area contributed by atoms with Crippen molar-refractivity contribution in [3.05, 3.63) is 30.5 Å². The van der Waals surface area contributed by atoms with Crippen molar-refractivity contribution in [3.8, 4) is 0 Å².